The summed E-state index contributed by atoms with van der Waals surface area (Å²) in [5, 5.41) is 13.1. The van der Waals surface area contributed by atoms with Crippen molar-refractivity contribution < 1.29 is 9.90 Å². The fourth-order valence-electron chi connectivity index (χ4n) is 2.13. The molecule has 2 atom stereocenters. The summed E-state index contributed by atoms with van der Waals surface area (Å²) in [7, 11) is 1.75. The molecule has 1 aliphatic heterocycles. The van der Waals surface area contributed by atoms with Crippen molar-refractivity contribution in [3.63, 3.8) is 0 Å². The van der Waals surface area contributed by atoms with Crippen LogP contribution in [0.25, 0.3) is 0 Å². The van der Waals surface area contributed by atoms with Crippen LogP contribution in [0.3, 0.4) is 0 Å². The van der Waals surface area contributed by atoms with Gasteiger partial charge >= 0.3 is 0 Å². The number of halogens is 1. The number of nitrogens with zero attached hydrogens (tertiary/aromatic N) is 1. The first-order chi connectivity index (χ1) is 8.58. The fourth-order valence-corrected chi connectivity index (χ4v) is 2.33. The summed E-state index contributed by atoms with van der Waals surface area (Å²) in [4.78, 5) is 13.8. The minimum Gasteiger partial charge on any atom is -0.392 e. The van der Waals surface area contributed by atoms with E-state index in [1.54, 1.807) is 11.9 Å². The molecule has 4 nitrogen and oxygen atoms in total. The van der Waals surface area contributed by atoms with Gasteiger partial charge in [-0.3, -0.25) is 4.79 Å². The SMILES string of the molecule is CN(Cc1ccccc1Cl)C(=O)C1CC(O)CN1. The van der Waals surface area contributed by atoms with Gasteiger partial charge in [-0.15, -0.1) is 0 Å². The molecule has 0 bridgehead atoms. The maximum Gasteiger partial charge on any atom is 0.239 e. The lowest BCUT2D eigenvalue weighted by atomic mass is 10.1. The van der Waals surface area contributed by atoms with E-state index in [0.29, 0.717) is 24.5 Å². The second-order valence-electron chi connectivity index (χ2n) is 4.64. The van der Waals surface area contributed by atoms with E-state index in [4.69, 9.17) is 11.6 Å². The van der Waals surface area contributed by atoms with Gasteiger partial charge < -0.3 is 15.3 Å². The van der Waals surface area contributed by atoms with Gasteiger partial charge in [-0.05, 0) is 18.1 Å². The summed E-state index contributed by atoms with van der Waals surface area (Å²) in [6.45, 7) is 0.961. The van der Waals surface area contributed by atoms with E-state index in [1.807, 2.05) is 24.3 Å². The van der Waals surface area contributed by atoms with Crippen LogP contribution in [0.5, 0.6) is 0 Å². The molecule has 0 spiro atoms. The Kier molecular flexibility index (Phi) is 4.22. The third-order valence-corrected chi connectivity index (χ3v) is 3.52. The molecular formula is C13H17ClN2O2. The van der Waals surface area contributed by atoms with Crippen molar-refractivity contribution >= 4 is 17.5 Å². The number of hydrogen-bond acceptors (Lipinski definition) is 3. The van der Waals surface area contributed by atoms with Crippen LogP contribution in [0, 0.1) is 0 Å². The third-order valence-electron chi connectivity index (χ3n) is 3.15. The topological polar surface area (TPSA) is 52.6 Å². The number of hydrogen-bond donors (Lipinski definition) is 2. The number of amides is 1. The number of nitrogens with one attached hydrogen (secondary N) is 1. The highest BCUT2D eigenvalue weighted by molar-refractivity contribution is 6.31. The quantitative estimate of drug-likeness (QED) is 0.861. The predicted octanol–water partition coefficient (Wildman–Crippen LogP) is 1.02. The Morgan fingerprint density at radius 3 is 2.89 bits per heavy atom. The maximum atomic E-state index is 12.1. The molecule has 1 fully saturated rings. The predicted molar refractivity (Wildman–Crippen MR) is 70.3 cm³/mol. The molecule has 5 heteroatoms. The monoisotopic (exact) mass is 268 g/mol. The third kappa shape index (κ3) is 3.02. The largest absolute Gasteiger partial charge is 0.392 e. The molecule has 1 aromatic rings. The van der Waals surface area contributed by atoms with Crippen LogP contribution in [0.1, 0.15) is 12.0 Å². The van der Waals surface area contributed by atoms with E-state index in [0.717, 1.165) is 5.56 Å². The zero-order valence-corrected chi connectivity index (χ0v) is 11.0. The molecule has 0 aliphatic carbocycles. The van der Waals surface area contributed by atoms with E-state index < -0.39 is 6.10 Å². The van der Waals surface area contributed by atoms with Gasteiger partial charge in [0.25, 0.3) is 0 Å². The number of aliphatic hydroxyl groups is 1. The van der Waals surface area contributed by atoms with Gasteiger partial charge in [0.05, 0.1) is 12.1 Å². The average molecular weight is 269 g/mol. The Morgan fingerprint density at radius 2 is 2.28 bits per heavy atom. The molecule has 2 unspecified atom stereocenters. The molecule has 1 amide bonds. The zero-order valence-electron chi connectivity index (χ0n) is 10.3. The summed E-state index contributed by atoms with van der Waals surface area (Å²) in [5.41, 5.74) is 0.925. The molecular weight excluding hydrogens is 252 g/mol. The van der Waals surface area contributed by atoms with Crippen LogP contribution in [0.2, 0.25) is 5.02 Å². The maximum absolute atomic E-state index is 12.1. The van der Waals surface area contributed by atoms with Gasteiger partial charge in [-0.25, -0.2) is 0 Å². The van der Waals surface area contributed by atoms with Crippen molar-refractivity contribution in [3.8, 4) is 0 Å². The number of carbonyl (C=O) groups is 1. The summed E-state index contributed by atoms with van der Waals surface area (Å²) in [5.74, 6) is -0.00790. The van der Waals surface area contributed by atoms with Crippen LogP contribution in [0.4, 0.5) is 0 Å². The minimum atomic E-state index is -0.423. The van der Waals surface area contributed by atoms with Crippen molar-refractivity contribution in [2.24, 2.45) is 0 Å². The minimum absolute atomic E-state index is 0.00790. The van der Waals surface area contributed by atoms with Gasteiger partial charge in [-0.2, -0.15) is 0 Å². The molecule has 2 N–H and O–H groups in total. The lowest BCUT2D eigenvalue weighted by Gasteiger charge is -2.21. The highest BCUT2D eigenvalue weighted by Gasteiger charge is 2.30. The van der Waals surface area contributed by atoms with E-state index in [9.17, 15) is 9.90 Å². The first-order valence-electron chi connectivity index (χ1n) is 5.97. The second kappa shape index (κ2) is 5.69. The van der Waals surface area contributed by atoms with Gasteiger partial charge in [0.15, 0.2) is 0 Å². The van der Waals surface area contributed by atoms with Crippen molar-refractivity contribution in [1.29, 1.82) is 0 Å². The molecule has 2 rings (SSSR count). The number of likely N-dealkylation sites (N-methyl/N-ethyl adjacent to an activating group) is 1. The van der Waals surface area contributed by atoms with Crippen molar-refractivity contribution in [1.82, 2.24) is 10.2 Å². The average Bonchev–Trinajstić information content (AvgIpc) is 2.78. The van der Waals surface area contributed by atoms with Crippen molar-refractivity contribution in [2.75, 3.05) is 13.6 Å². The lowest BCUT2D eigenvalue weighted by Crippen LogP contribution is -2.41. The number of β-amino-alcohol motifs (C(OH)–C–C–N with tert-alkyl or cyclic N) is 1. The second-order valence-corrected chi connectivity index (χ2v) is 5.04. The molecule has 0 saturated carbocycles. The fraction of sp³-hybridized carbons (Fsp3) is 0.462. The molecule has 1 heterocycles. The smallest absolute Gasteiger partial charge is 0.239 e. The van der Waals surface area contributed by atoms with Crippen molar-refractivity contribution in [3.05, 3.63) is 34.9 Å². The molecule has 1 aliphatic rings. The Bertz CT molecular complexity index is 439. The number of benzene rings is 1. The van der Waals surface area contributed by atoms with Gasteiger partial charge in [0, 0.05) is 25.2 Å². The Labute approximate surface area is 112 Å². The first kappa shape index (κ1) is 13.3. The molecule has 1 aromatic carbocycles. The highest BCUT2D eigenvalue weighted by Crippen LogP contribution is 2.17. The van der Waals surface area contributed by atoms with Crippen LogP contribution in [-0.2, 0) is 11.3 Å². The molecule has 0 radical (unpaired) electrons. The van der Waals surface area contributed by atoms with Crippen molar-refractivity contribution in [2.45, 2.75) is 25.1 Å². The van der Waals surface area contributed by atoms with Crippen LogP contribution >= 0.6 is 11.6 Å². The first-order valence-corrected chi connectivity index (χ1v) is 6.35. The van der Waals surface area contributed by atoms with E-state index in [2.05, 4.69) is 5.32 Å². The van der Waals surface area contributed by atoms with E-state index in [1.165, 1.54) is 0 Å². The number of carbonyl (C=O) groups excluding carboxylic acids is 1. The summed E-state index contributed by atoms with van der Waals surface area (Å²) in [6.07, 6.45) is 0.0544. The molecule has 1 saturated heterocycles. The van der Waals surface area contributed by atoms with Crippen LogP contribution in [-0.4, -0.2) is 41.7 Å². The van der Waals surface area contributed by atoms with Crippen LogP contribution < -0.4 is 5.32 Å². The highest BCUT2D eigenvalue weighted by atomic mass is 35.5. The summed E-state index contributed by atoms with van der Waals surface area (Å²) < 4.78 is 0. The Morgan fingerprint density at radius 1 is 1.56 bits per heavy atom. The Hall–Kier alpha value is -1.10. The summed E-state index contributed by atoms with van der Waals surface area (Å²) >= 11 is 6.06. The van der Waals surface area contributed by atoms with Gasteiger partial charge in [-0.1, -0.05) is 29.8 Å². The molecule has 98 valence electrons. The van der Waals surface area contributed by atoms with E-state index in [-0.39, 0.29) is 11.9 Å². The van der Waals surface area contributed by atoms with Gasteiger partial charge in [0.1, 0.15) is 0 Å². The summed E-state index contributed by atoms with van der Waals surface area (Å²) in [6, 6.07) is 7.20. The van der Waals surface area contributed by atoms with Crippen LogP contribution in [0.15, 0.2) is 24.3 Å². The number of rotatable bonds is 3. The Balaban J connectivity index is 1.98. The molecule has 18 heavy (non-hydrogen) atoms. The zero-order chi connectivity index (χ0) is 13.1. The van der Waals surface area contributed by atoms with Gasteiger partial charge in [0.2, 0.25) is 5.91 Å². The number of aliphatic hydroxyl groups excluding tert-OH is 1. The normalized spacial score (nSPS) is 23.1. The standard InChI is InChI=1S/C13H17ClN2O2/c1-16(8-9-4-2-3-5-11(9)14)13(18)12-6-10(17)7-15-12/h2-5,10,12,15,17H,6-8H2,1H3. The lowest BCUT2D eigenvalue weighted by molar-refractivity contribution is -0.132. The molecule has 0 aromatic heterocycles. The van der Waals surface area contributed by atoms with E-state index >= 15 is 0 Å².